The van der Waals surface area contributed by atoms with Crippen LogP contribution in [0.4, 0.5) is 0 Å². The van der Waals surface area contributed by atoms with Crippen LogP contribution in [-0.4, -0.2) is 34.6 Å². The summed E-state index contributed by atoms with van der Waals surface area (Å²) in [6, 6.07) is 13.7. The van der Waals surface area contributed by atoms with Crippen molar-refractivity contribution in [3.8, 4) is 11.1 Å². The van der Waals surface area contributed by atoms with E-state index in [1.807, 2.05) is 48.2 Å². The molecule has 0 bridgehead atoms. The summed E-state index contributed by atoms with van der Waals surface area (Å²) in [6.07, 6.45) is 6.24. The van der Waals surface area contributed by atoms with Gasteiger partial charge in [-0.15, -0.1) is 0 Å². The summed E-state index contributed by atoms with van der Waals surface area (Å²) in [4.78, 5) is 28.0. The zero-order valence-electron chi connectivity index (χ0n) is 19.9. The lowest BCUT2D eigenvalue weighted by molar-refractivity contribution is -0.142. The number of carbonyl (C=O) groups excluding carboxylic acids is 1. The minimum atomic E-state index is -0.640. The first-order chi connectivity index (χ1) is 16.9. The van der Waals surface area contributed by atoms with Gasteiger partial charge in [-0.3, -0.25) is 4.79 Å². The number of rotatable bonds is 3. The monoisotopic (exact) mass is 471 g/mol. The third-order valence-electron chi connectivity index (χ3n) is 8.17. The molecule has 1 aliphatic carbocycles. The number of nitrogens with zero attached hydrogens (tertiary/aromatic N) is 1. The van der Waals surface area contributed by atoms with E-state index in [-0.39, 0.29) is 18.2 Å². The van der Waals surface area contributed by atoms with Gasteiger partial charge < -0.3 is 18.8 Å². The molecule has 1 saturated carbocycles. The summed E-state index contributed by atoms with van der Waals surface area (Å²) in [5, 5.41) is 12.7. The van der Waals surface area contributed by atoms with Crippen LogP contribution in [0, 0.1) is 12.8 Å². The Hall–Kier alpha value is -3.38. The van der Waals surface area contributed by atoms with Gasteiger partial charge in [0.25, 0.3) is 0 Å². The quantitative estimate of drug-likeness (QED) is 0.415. The number of carbonyl (C=O) groups is 1. The summed E-state index contributed by atoms with van der Waals surface area (Å²) >= 11 is 0. The van der Waals surface area contributed by atoms with Crippen molar-refractivity contribution >= 4 is 27.8 Å². The van der Waals surface area contributed by atoms with Crippen molar-refractivity contribution < 1.29 is 18.7 Å². The van der Waals surface area contributed by atoms with E-state index in [0.29, 0.717) is 36.2 Å². The third kappa shape index (κ3) is 3.76. The van der Waals surface area contributed by atoms with E-state index in [1.54, 1.807) is 12.3 Å². The van der Waals surface area contributed by atoms with Crippen LogP contribution in [0.25, 0.3) is 33.1 Å². The molecule has 1 amide bonds. The van der Waals surface area contributed by atoms with Crippen LogP contribution >= 0.6 is 0 Å². The molecule has 2 aromatic carbocycles. The van der Waals surface area contributed by atoms with Crippen molar-refractivity contribution in [2.75, 3.05) is 13.1 Å². The van der Waals surface area contributed by atoms with Gasteiger partial charge in [0.1, 0.15) is 11.2 Å². The average molecular weight is 472 g/mol. The van der Waals surface area contributed by atoms with E-state index < -0.39 is 11.2 Å². The van der Waals surface area contributed by atoms with E-state index in [9.17, 15) is 14.7 Å². The number of amides is 1. The summed E-state index contributed by atoms with van der Waals surface area (Å²) < 4.78 is 11.4. The molecule has 2 aromatic heterocycles. The highest BCUT2D eigenvalue weighted by Gasteiger charge is 2.43. The number of furan rings is 1. The largest absolute Gasteiger partial charge is 0.464 e. The Kier molecular flexibility index (Phi) is 5.29. The number of aryl methyl sites for hydroxylation is 1. The second-order valence-corrected chi connectivity index (χ2v) is 10.2. The molecule has 0 radical (unpaired) electrons. The van der Waals surface area contributed by atoms with Crippen molar-refractivity contribution in [1.82, 2.24) is 4.90 Å². The van der Waals surface area contributed by atoms with Gasteiger partial charge in [-0.1, -0.05) is 43.2 Å². The fraction of sp³-hybridized carbons (Fsp3) is 0.379. The molecule has 2 fully saturated rings. The molecule has 6 rings (SSSR count). The molecule has 6 heteroatoms. The van der Waals surface area contributed by atoms with Gasteiger partial charge in [-0.25, -0.2) is 4.79 Å². The highest BCUT2D eigenvalue weighted by atomic mass is 16.4. The predicted molar refractivity (Wildman–Crippen MR) is 134 cm³/mol. The normalized spacial score (nSPS) is 22.5. The van der Waals surface area contributed by atoms with Crippen molar-refractivity contribution in [3.05, 3.63) is 70.3 Å². The van der Waals surface area contributed by atoms with E-state index >= 15 is 0 Å². The summed E-state index contributed by atoms with van der Waals surface area (Å²) in [7, 11) is 0. The Morgan fingerprint density at radius 3 is 2.77 bits per heavy atom. The van der Waals surface area contributed by atoms with Crippen LogP contribution in [0.1, 0.15) is 43.2 Å². The van der Waals surface area contributed by atoms with Crippen LogP contribution in [0.3, 0.4) is 0 Å². The number of benzene rings is 2. The van der Waals surface area contributed by atoms with Crippen molar-refractivity contribution in [2.24, 2.45) is 5.92 Å². The number of fused-ring (bicyclic) bond motifs is 3. The highest BCUT2D eigenvalue weighted by molar-refractivity contribution is 6.02. The molecular formula is C29H29NO5. The first-order valence-electron chi connectivity index (χ1n) is 12.5. The van der Waals surface area contributed by atoms with Gasteiger partial charge in [0.2, 0.25) is 5.91 Å². The molecular weight excluding hydrogens is 442 g/mol. The maximum Gasteiger partial charge on any atom is 0.340 e. The maximum atomic E-state index is 13.2. The molecule has 2 atom stereocenters. The van der Waals surface area contributed by atoms with Crippen LogP contribution in [0.2, 0.25) is 0 Å². The SMILES string of the molecule is Cc1c(CC(=O)N2CC[C@@]3(O)CCCC[C@@H]3C2)c(=O)oc2cc3occ(-c4ccccc4)c3cc12. The maximum absolute atomic E-state index is 13.2. The molecule has 180 valence electrons. The molecule has 0 unspecified atom stereocenters. The van der Waals surface area contributed by atoms with Gasteiger partial charge in [0.05, 0.1) is 23.8 Å². The first kappa shape index (κ1) is 22.1. The van der Waals surface area contributed by atoms with Crippen LogP contribution in [-0.2, 0) is 11.2 Å². The lowest BCUT2D eigenvalue weighted by Gasteiger charge is -2.47. The Morgan fingerprint density at radius 1 is 1.11 bits per heavy atom. The van der Waals surface area contributed by atoms with Gasteiger partial charge in [-0.05, 0) is 43.4 Å². The molecule has 35 heavy (non-hydrogen) atoms. The van der Waals surface area contributed by atoms with Crippen molar-refractivity contribution in [1.29, 1.82) is 0 Å². The van der Waals surface area contributed by atoms with Crippen LogP contribution in [0.15, 0.2) is 62.4 Å². The topological polar surface area (TPSA) is 83.9 Å². The second-order valence-electron chi connectivity index (χ2n) is 10.2. The fourth-order valence-electron chi connectivity index (χ4n) is 6.02. The van der Waals surface area contributed by atoms with Gasteiger partial charge in [0, 0.05) is 41.4 Å². The zero-order valence-corrected chi connectivity index (χ0v) is 19.9. The number of aliphatic hydroxyl groups is 1. The standard InChI is InChI=1S/C29H29NO5/c1-18-21-13-23-24(19-7-3-2-4-8-19)17-34-25(23)15-26(21)35-28(32)22(18)14-27(31)30-12-11-29(33)10-6-5-9-20(29)16-30/h2-4,7-8,13,15,17,20,33H,5-6,9-12,14,16H2,1H3/t20-,29+/m1/s1. The minimum Gasteiger partial charge on any atom is -0.464 e. The summed E-state index contributed by atoms with van der Waals surface area (Å²) in [5.74, 6) is 0.0376. The number of hydrogen-bond acceptors (Lipinski definition) is 5. The average Bonchev–Trinajstić information content (AvgIpc) is 3.28. The summed E-state index contributed by atoms with van der Waals surface area (Å²) in [6.45, 7) is 2.97. The minimum absolute atomic E-state index is 0.00419. The molecule has 0 spiro atoms. The van der Waals surface area contributed by atoms with Crippen LogP contribution < -0.4 is 5.63 Å². The Labute approximate surface area is 203 Å². The van der Waals surface area contributed by atoms with Gasteiger partial charge >= 0.3 is 5.63 Å². The Balaban J connectivity index is 1.33. The number of likely N-dealkylation sites (tertiary alicyclic amines) is 1. The predicted octanol–water partition coefficient (Wildman–Crippen LogP) is 5.21. The zero-order chi connectivity index (χ0) is 24.2. The third-order valence-corrected chi connectivity index (χ3v) is 8.17. The van der Waals surface area contributed by atoms with E-state index in [0.717, 1.165) is 53.1 Å². The van der Waals surface area contributed by atoms with Gasteiger partial charge in [0.15, 0.2) is 0 Å². The second kappa shape index (κ2) is 8.38. The molecule has 6 nitrogen and oxygen atoms in total. The molecule has 2 aliphatic rings. The molecule has 1 aliphatic heterocycles. The lowest BCUT2D eigenvalue weighted by atomic mass is 9.71. The molecule has 3 heterocycles. The Bertz CT molecular complexity index is 1480. The van der Waals surface area contributed by atoms with Gasteiger partial charge in [-0.2, -0.15) is 0 Å². The Morgan fingerprint density at radius 2 is 1.94 bits per heavy atom. The first-order valence-corrected chi connectivity index (χ1v) is 12.5. The van der Waals surface area contributed by atoms with E-state index in [4.69, 9.17) is 8.83 Å². The van der Waals surface area contributed by atoms with E-state index in [1.165, 1.54) is 0 Å². The van der Waals surface area contributed by atoms with Crippen molar-refractivity contribution in [2.45, 2.75) is 51.0 Å². The van der Waals surface area contributed by atoms with Crippen molar-refractivity contribution in [3.63, 3.8) is 0 Å². The highest BCUT2D eigenvalue weighted by Crippen LogP contribution is 2.40. The lowest BCUT2D eigenvalue weighted by Crippen LogP contribution is -2.55. The fourth-order valence-corrected chi connectivity index (χ4v) is 6.02. The molecule has 1 N–H and O–H groups in total. The summed E-state index contributed by atoms with van der Waals surface area (Å²) in [5.41, 5.74) is 3.16. The molecule has 1 saturated heterocycles. The smallest absolute Gasteiger partial charge is 0.340 e. The van der Waals surface area contributed by atoms with Crippen LogP contribution in [0.5, 0.6) is 0 Å². The number of piperidine rings is 1. The van der Waals surface area contributed by atoms with E-state index in [2.05, 4.69) is 0 Å². The molecule has 4 aromatic rings. The number of hydrogen-bond donors (Lipinski definition) is 1.